The van der Waals surface area contributed by atoms with Crippen LogP contribution >= 0.6 is 0 Å². The van der Waals surface area contributed by atoms with Crippen LogP contribution in [0.25, 0.3) is 0 Å². The molecule has 1 amide bonds. The Balaban J connectivity index is 2.44. The van der Waals surface area contributed by atoms with Crippen LogP contribution in [0.15, 0.2) is 0 Å². The summed E-state index contributed by atoms with van der Waals surface area (Å²) in [4.78, 5) is 14.1. The molecule has 1 rings (SSSR count). The van der Waals surface area contributed by atoms with E-state index in [9.17, 15) is 4.79 Å². The van der Waals surface area contributed by atoms with E-state index in [1.807, 2.05) is 0 Å². The summed E-state index contributed by atoms with van der Waals surface area (Å²) in [7, 11) is 4.23. The lowest BCUT2D eigenvalue weighted by Crippen LogP contribution is -2.45. The molecule has 0 aliphatic heterocycles. The first kappa shape index (κ1) is 14.5. The van der Waals surface area contributed by atoms with Gasteiger partial charge in [-0.1, -0.05) is 26.7 Å². The quantitative estimate of drug-likeness (QED) is 0.799. The number of carbonyl (C=O) groups is 1. The van der Waals surface area contributed by atoms with Crippen molar-refractivity contribution in [3.63, 3.8) is 0 Å². The first-order valence-electron chi connectivity index (χ1n) is 6.93. The number of amides is 1. The molecule has 17 heavy (non-hydrogen) atoms. The molecule has 0 heterocycles. The van der Waals surface area contributed by atoms with E-state index in [4.69, 9.17) is 0 Å². The van der Waals surface area contributed by atoms with Crippen molar-refractivity contribution in [2.24, 2.45) is 11.8 Å². The standard InChI is InChI=1S/C14H28N2O/c1-11(2)9-14(17)15-13-8-6-5-7-12(13)10-16(3)4/h11-13H,5-10H2,1-4H3,(H,15,17). The van der Waals surface area contributed by atoms with Gasteiger partial charge in [0.2, 0.25) is 5.91 Å². The van der Waals surface area contributed by atoms with E-state index in [1.165, 1.54) is 19.3 Å². The Morgan fingerprint density at radius 1 is 1.29 bits per heavy atom. The van der Waals surface area contributed by atoms with Crippen LogP contribution in [0.2, 0.25) is 0 Å². The van der Waals surface area contributed by atoms with Crippen molar-refractivity contribution in [1.82, 2.24) is 10.2 Å². The lowest BCUT2D eigenvalue weighted by atomic mass is 9.84. The average molecular weight is 240 g/mol. The molecule has 2 atom stereocenters. The second kappa shape index (κ2) is 7.00. The summed E-state index contributed by atoms with van der Waals surface area (Å²) in [6, 6.07) is 0.400. The summed E-state index contributed by atoms with van der Waals surface area (Å²) in [6.07, 6.45) is 5.64. The van der Waals surface area contributed by atoms with Crippen LogP contribution in [0.4, 0.5) is 0 Å². The molecule has 0 bridgehead atoms. The van der Waals surface area contributed by atoms with Crippen LogP contribution in [0.5, 0.6) is 0 Å². The van der Waals surface area contributed by atoms with Gasteiger partial charge >= 0.3 is 0 Å². The molecule has 0 aromatic rings. The number of nitrogens with zero attached hydrogens (tertiary/aromatic N) is 1. The SMILES string of the molecule is CC(C)CC(=O)NC1CCCCC1CN(C)C. The van der Waals surface area contributed by atoms with E-state index in [2.05, 4.69) is 38.2 Å². The maximum atomic E-state index is 11.8. The predicted molar refractivity (Wildman–Crippen MR) is 71.9 cm³/mol. The molecule has 0 aromatic heterocycles. The largest absolute Gasteiger partial charge is 0.353 e. The Labute approximate surface area is 106 Å². The fraction of sp³-hybridized carbons (Fsp3) is 0.929. The molecule has 1 aliphatic rings. The Morgan fingerprint density at radius 3 is 2.53 bits per heavy atom. The number of nitrogens with one attached hydrogen (secondary N) is 1. The van der Waals surface area contributed by atoms with E-state index in [1.54, 1.807) is 0 Å². The van der Waals surface area contributed by atoms with Crippen molar-refractivity contribution in [1.29, 1.82) is 0 Å². The van der Waals surface area contributed by atoms with Crippen LogP contribution in [-0.2, 0) is 4.79 Å². The van der Waals surface area contributed by atoms with Gasteiger partial charge in [-0.3, -0.25) is 4.79 Å². The highest BCUT2D eigenvalue weighted by Gasteiger charge is 2.26. The second-order valence-electron chi connectivity index (χ2n) is 6.08. The normalized spacial score (nSPS) is 25.3. The van der Waals surface area contributed by atoms with E-state index in [0.29, 0.717) is 24.3 Å². The molecule has 0 aromatic carbocycles. The average Bonchev–Trinajstić information content (AvgIpc) is 2.18. The summed E-state index contributed by atoms with van der Waals surface area (Å²) in [6.45, 7) is 5.28. The Morgan fingerprint density at radius 2 is 1.94 bits per heavy atom. The van der Waals surface area contributed by atoms with Gasteiger partial charge in [0.05, 0.1) is 0 Å². The van der Waals surface area contributed by atoms with Crippen LogP contribution < -0.4 is 5.32 Å². The van der Waals surface area contributed by atoms with Crippen LogP contribution in [0.1, 0.15) is 46.0 Å². The minimum Gasteiger partial charge on any atom is -0.353 e. The van der Waals surface area contributed by atoms with Crippen molar-refractivity contribution >= 4 is 5.91 Å². The van der Waals surface area contributed by atoms with Crippen LogP contribution in [0, 0.1) is 11.8 Å². The van der Waals surface area contributed by atoms with Crippen molar-refractivity contribution in [2.45, 2.75) is 52.0 Å². The highest BCUT2D eigenvalue weighted by molar-refractivity contribution is 5.76. The number of carbonyl (C=O) groups excluding carboxylic acids is 1. The highest BCUT2D eigenvalue weighted by atomic mass is 16.1. The van der Waals surface area contributed by atoms with Crippen molar-refractivity contribution < 1.29 is 4.79 Å². The molecule has 1 N–H and O–H groups in total. The Bertz CT molecular complexity index is 238. The predicted octanol–water partition coefficient (Wildman–Crippen LogP) is 2.27. The summed E-state index contributed by atoms with van der Waals surface area (Å²) in [5.41, 5.74) is 0. The van der Waals surface area contributed by atoms with Crippen LogP contribution in [0.3, 0.4) is 0 Å². The van der Waals surface area contributed by atoms with Crippen molar-refractivity contribution in [2.75, 3.05) is 20.6 Å². The van der Waals surface area contributed by atoms with E-state index in [-0.39, 0.29) is 5.91 Å². The molecule has 1 aliphatic carbocycles. The second-order valence-corrected chi connectivity index (χ2v) is 6.08. The van der Waals surface area contributed by atoms with Gasteiger partial charge in [0.25, 0.3) is 0 Å². The van der Waals surface area contributed by atoms with Gasteiger partial charge in [0.15, 0.2) is 0 Å². The topological polar surface area (TPSA) is 32.3 Å². The molecule has 1 fully saturated rings. The molecule has 3 nitrogen and oxygen atoms in total. The van der Waals surface area contributed by atoms with Crippen LogP contribution in [-0.4, -0.2) is 37.5 Å². The first-order valence-corrected chi connectivity index (χ1v) is 6.93. The van der Waals surface area contributed by atoms with Gasteiger partial charge in [-0.25, -0.2) is 0 Å². The minimum atomic E-state index is 0.232. The van der Waals surface area contributed by atoms with Gasteiger partial charge in [0, 0.05) is 19.0 Å². The first-order chi connectivity index (χ1) is 7.99. The lowest BCUT2D eigenvalue weighted by molar-refractivity contribution is -0.123. The smallest absolute Gasteiger partial charge is 0.220 e. The zero-order chi connectivity index (χ0) is 12.8. The Kier molecular flexibility index (Phi) is 5.96. The van der Waals surface area contributed by atoms with Gasteiger partial charge in [-0.15, -0.1) is 0 Å². The number of hydrogen-bond acceptors (Lipinski definition) is 2. The minimum absolute atomic E-state index is 0.232. The third-order valence-electron chi connectivity index (χ3n) is 3.45. The van der Waals surface area contributed by atoms with Crippen molar-refractivity contribution in [3.05, 3.63) is 0 Å². The van der Waals surface area contributed by atoms with Gasteiger partial charge in [0.1, 0.15) is 0 Å². The summed E-state index contributed by atoms with van der Waals surface area (Å²) < 4.78 is 0. The third kappa shape index (κ3) is 5.53. The maximum absolute atomic E-state index is 11.8. The zero-order valence-corrected chi connectivity index (χ0v) is 11.8. The van der Waals surface area contributed by atoms with Gasteiger partial charge < -0.3 is 10.2 Å². The summed E-state index contributed by atoms with van der Waals surface area (Å²) >= 11 is 0. The molecule has 0 saturated heterocycles. The van der Waals surface area contributed by atoms with Gasteiger partial charge in [-0.2, -0.15) is 0 Å². The van der Waals surface area contributed by atoms with E-state index < -0.39 is 0 Å². The Hall–Kier alpha value is -0.570. The fourth-order valence-electron chi connectivity index (χ4n) is 2.72. The molecular formula is C14H28N2O. The zero-order valence-electron chi connectivity index (χ0n) is 11.8. The van der Waals surface area contributed by atoms with E-state index in [0.717, 1.165) is 13.0 Å². The lowest BCUT2D eigenvalue weighted by Gasteiger charge is -2.34. The number of rotatable bonds is 5. The number of hydrogen-bond donors (Lipinski definition) is 1. The van der Waals surface area contributed by atoms with Gasteiger partial charge in [-0.05, 0) is 38.8 Å². The molecule has 2 unspecified atom stereocenters. The summed E-state index contributed by atoms with van der Waals surface area (Å²) in [5.74, 6) is 1.32. The molecule has 100 valence electrons. The monoisotopic (exact) mass is 240 g/mol. The summed E-state index contributed by atoms with van der Waals surface area (Å²) in [5, 5.41) is 3.24. The highest BCUT2D eigenvalue weighted by Crippen LogP contribution is 2.25. The van der Waals surface area contributed by atoms with E-state index >= 15 is 0 Å². The van der Waals surface area contributed by atoms with Crippen molar-refractivity contribution in [3.8, 4) is 0 Å². The fourth-order valence-corrected chi connectivity index (χ4v) is 2.72. The maximum Gasteiger partial charge on any atom is 0.220 e. The molecule has 0 radical (unpaired) electrons. The molecule has 0 spiro atoms. The molecular weight excluding hydrogens is 212 g/mol. The molecule has 1 saturated carbocycles. The third-order valence-corrected chi connectivity index (χ3v) is 3.45. The molecule has 3 heteroatoms.